The molecule has 5 nitrogen and oxygen atoms in total. The molecule has 0 unspecified atom stereocenters. The average molecular weight is 410 g/mol. The summed E-state index contributed by atoms with van der Waals surface area (Å²) in [5.41, 5.74) is 2.24. The van der Waals surface area contributed by atoms with Crippen molar-refractivity contribution in [2.24, 2.45) is 0 Å². The van der Waals surface area contributed by atoms with Crippen molar-refractivity contribution in [1.82, 2.24) is 0 Å². The van der Waals surface area contributed by atoms with E-state index in [-0.39, 0.29) is 23.1 Å². The summed E-state index contributed by atoms with van der Waals surface area (Å²) in [7, 11) is 0. The minimum atomic E-state index is -0.784. The number of ether oxygens (including phenoxy) is 1. The molecule has 2 aromatic carbocycles. The number of hydrogen-bond donors (Lipinski definition) is 0. The van der Waals surface area contributed by atoms with Gasteiger partial charge in [0.15, 0.2) is 5.57 Å². The predicted molar refractivity (Wildman–Crippen MR) is 109 cm³/mol. The van der Waals surface area contributed by atoms with E-state index in [1.165, 1.54) is 29.2 Å². The van der Waals surface area contributed by atoms with Gasteiger partial charge in [-0.05, 0) is 50.1 Å². The smallest absolute Gasteiger partial charge is 0.351 e. The number of hydrogen-bond acceptors (Lipinski definition) is 5. The van der Waals surface area contributed by atoms with Gasteiger partial charge in [-0.3, -0.25) is 9.69 Å². The van der Waals surface area contributed by atoms with Crippen molar-refractivity contribution in [3.05, 3.63) is 76.1 Å². The standard InChI is InChI=1S/C22H19FN2O3S/c1-3-28-22(27)18(13-24)21-25(17-10-8-16(23)9-11-17)20(26)19(29-21)12-15-6-4-14(2)5-7-15/h4-11,19H,3,12H2,1-2H3/b21-18-/t19-/m0/s1. The quantitative estimate of drug-likeness (QED) is 0.421. The Morgan fingerprint density at radius 3 is 2.45 bits per heavy atom. The molecule has 0 bridgehead atoms. The Bertz CT molecular complexity index is 994. The Morgan fingerprint density at radius 2 is 1.86 bits per heavy atom. The zero-order valence-electron chi connectivity index (χ0n) is 16.0. The van der Waals surface area contributed by atoms with E-state index in [9.17, 15) is 19.2 Å². The van der Waals surface area contributed by atoms with Gasteiger partial charge < -0.3 is 4.74 Å². The molecule has 0 aromatic heterocycles. The molecule has 1 aliphatic rings. The molecule has 0 radical (unpaired) electrons. The lowest BCUT2D eigenvalue weighted by Gasteiger charge is -2.18. The van der Waals surface area contributed by atoms with Crippen LogP contribution < -0.4 is 4.90 Å². The number of thioether (sulfide) groups is 1. The molecule has 1 saturated heterocycles. The number of rotatable bonds is 5. The van der Waals surface area contributed by atoms with Crippen LogP contribution in [-0.2, 0) is 20.7 Å². The van der Waals surface area contributed by atoms with E-state index in [0.29, 0.717) is 12.1 Å². The van der Waals surface area contributed by atoms with E-state index in [2.05, 4.69) is 0 Å². The third kappa shape index (κ3) is 4.49. The molecular formula is C22H19FN2O3S. The van der Waals surface area contributed by atoms with Gasteiger partial charge in [-0.25, -0.2) is 9.18 Å². The van der Waals surface area contributed by atoms with E-state index in [0.717, 1.165) is 22.9 Å². The zero-order valence-corrected chi connectivity index (χ0v) is 16.8. The summed E-state index contributed by atoms with van der Waals surface area (Å²) < 4.78 is 18.4. The molecule has 1 heterocycles. The van der Waals surface area contributed by atoms with Crippen molar-refractivity contribution in [2.75, 3.05) is 11.5 Å². The second-order valence-corrected chi connectivity index (χ2v) is 7.65. The third-order valence-corrected chi connectivity index (χ3v) is 5.65. The maximum absolute atomic E-state index is 13.4. The Labute approximate surface area is 172 Å². The second-order valence-electron chi connectivity index (χ2n) is 6.46. The molecule has 0 N–H and O–H groups in total. The Hall–Kier alpha value is -3.11. The number of carbonyl (C=O) groups excluding carboxylic acids is 2. The molecule has 1 atom stereocenters. The molecule has 0 aliphatic carbocycles. The van der Waals surface area contributed by atoms with Gasteiger partial charge >= 0.3 is 5.97 Å². The van der Waals surface area contributed by atoms with Crippen molar-refractivity contribution in [1.29, 1.82) is 5.26 Å². The van der Waals surface area contributed by atoms with Gasteiger partial charge in [0.05, 0.1) is 11.9 Å². The summed E-state index contributed by atoms with van der Waals surface area (Å²) in [5, 5.41) is 9.26. The molecular weight excluding hydrogens is 391 g/mol. The third-order valence-electron chi connectivity index (χ3n) is 4.38. The van der Waals surface area contributed by atoms with E-state index < -0.39 is 17.0 Å². The fourth-order valence-electron chi connectivity index (χ4n) is 2.94. The normalized spacial score (nSPS) is 17.8. The number of carbonyl (C=O) groups is 2. The van der Waals surface area contributed by atoms with Crippen LogP contribution in [0.3, 0.4) is 0 Å². The number of amides is 1. The summed E-state index contributed by atoms with van der Waals surface area (Å²) in [6.07, 6.45) is 0.437. The molecule has 1 aliphatic heterocycles. The summed E-state index contributed by atoms with van der Waals surface area (Å²) in [4.78, 5) is 26.8. The Balaban J connectivity index is 2.02. The fourth-order valence-corrected chi connectivity index (χ4v) is 4.24. The number of nitrogens with zero attached hydrogens (tertiary/aromatic N) is 2. The van der Waals surface area contributed by atoms with Crippen LogP contribution in [0.1, 0.15) is 18.1 Å². The number of aryl methyl sites for hydroxylation is 1. The maximum atomic E-state index is 13.4. The first kappa shape index (κ1) is 20.6. The van der Waals surface area contributed by atoms with Crippen LogP contribution in [0.15, 0.2) is 59.1 Å². The van der Waals surface area contributed by atoms with Crippen LogP contribution in [-0.4, -0.2) is 23.7 Å². The molecule has 148 valence electrons. The summed E-state index contributed by atoms with van der Waals surface area (Å²) in [6, 6.07) is 15.1. The van der Waals surface area contributed by atoms with Gasteiger partial charge in [0.25, 0.3) is 0 Å². The van der Waals surface area contributed by atoms with Crippen LogP contribution in [0.5, 0.6) is 0 Å². The molecule has 7 heteroatoms. The molecule has 0 saturated carbocycles. The zero-order chi connectivity index (χ0) is 21.0. The lowest BCUT2D eigenvalue weighted by atomic mass is 10.1. The fraction of sp³-hybridized carbons (Fsp3) is 0.227. The highest BCUT2D eigenvalue weighted by molar-refractivity contribution is 8.05. The lowest BCUT2D eigenvalue weighted by Crippen LogP contribution is -2.30. The van der Waals surface area contributed by atoms with Gasteiger partial charge in [-0.2, -0.15) is 5.26 Å². The molecule has 2 aromatic rings. The van der Waals surface area contributed by atoms with E-state index >= 15 is 0 Å². The average Bonchev–Trinajstić information content (AvgIpc) is 3.01. The minimum absolute atomic E-state index is 0.110. The predicted octanol–water partition coefficient (Wildman–Crippen LogP) is 4.12. The van der Waals surface area contributed by atoms with Crippen LogP contribution in [0.2, 0.25) is 0 Å². The molecule has 1 amide bonds. The largest absolute Gasteiger partial charge is 0.462 e. The van der Waals surface area contributed by atoms with Gasteiger partial charge in [-0.15, -0.1) is 0 Å². The molecule has 29 heavy (non-hydrogen) atoms. The number of benzene rings is 2. The molecule has 1 fully saturated rings. The van der Waals surface area contributed by atoms with Gasteiger partial charge in [0, 0.05) is 5.69 Å². The van der Waals surface area contributed by atoms with Crippen LogP contribution in [0.25, 0.3) is 0 Å². The van der Waals surface area contributed by atoms with Crippen molar-refractivity contribution in [3.8, 4) is 6.07 Å². The molecule has 3 rings (SSSR count). The number of nitriles is 1. The SMILES string of the molecule is CCOC(=O)/C(C#N)=C1\S[C@@H](Cc2ccc(C)cc2)C(=O)N1c1ccc(F)cc1. The van der Waals surface area contributed by atoms with Gasteiger partial charge in [0.2, 0.25) is 5.91 Å². The van der Waals surface area contributed by atoms with Gasteiger partial charge in [0.1, 0.15) is 16.9 Å². The van der Waals surface area contributed by atoms with Crippen LogP contribution in [0, 0.1) is 24.1 Å². The second kappa shape index (κ2) is 8.93. The van der Waals surface area contributed by atoms with E-state index in [1.807, 2.05) is 37.3 Å². The Kier molecular flexibility index (Phi) is 6.35. The summed E-state index contributed by atoms with van der Waals surface area (Å²) in [6.45, 7) is 3.73. The Morgan fingerprint density at radius 1 is 1.21 bits per heavy atom. The minimum Gasteiger partial charge on any atom is -0.462 e. The number of anilines is 1. The van der Waals surface area contributed by atoms with Crippen molar-refractivity contribution >= 4 is 29.3 Å². The van der Waals surface area contributed by atoms with E-state index in [1.54, 1.807) is 6.92 Å². The highest BCUT2D eigenvalue weighted by Crippen LogP contribution is 2.42. The first-order valence-electron chi connectivity index (χ1n) is 9.07. The summed E-state index contributed by atoms with van der Waals surface area (Å²) in [5.74, 6) is -1.50. The topological polar surface area (TPSA) is 70.4 Å². The first-order chi connectivity index (χ1) is 13.9. The van der Waals surface area contributed by atoms with Crippen LogP contribution >= 0.6 is 11.8 Å². The maximum Gasteiger partial charge on any atom is 0.351 e. The monoisotopic (exact) mass is 410 g/mol. The first-order valence-corrected chi connectivity index (χ1v) is 9.95. The van der Waals surface area contributed by atoms with Crippen LogP contribution in [0.4, 0.5) is 10.1 Å². The van der Waals surface area contributed by atoms with Crippen molar-refractivity contribution < 1.29 is 18.7 Å². The van der Waals surface area contributed by atoms with Crippen molar-refractivity contribution in [3.63, 3.8) is 0 Å². The molecule has 0 spiro atoms. The summed E-state index contributed by atoms with van der Waals surface area (Å²) >= 11 is 1.15. The van der Waals surface area contributed by atoms with E-state index in [4.69, 9.17) is 4.74 Å². The lowest BCUT2D eigenvalue weighted by molar-refractivity contribution is -0.138. The number of halogens is 1. The highest BCUT2D eigenvalue weighted by atomic mass is 32.2. The number of esters is 1. The van der Waals surface area contributed by atoms with Crippen molar-refractivity contribution in [2.45, 2.75) is 25.5 Å². The van der Waals surface area contributed by atoms with Gasteiger partial charge in [-0.1, -0.05) is 41.6 Å². The highest BCUT2D eigenvalue weighted by Gasteiger charge is 2.41.